The highest BCUT2D eigenvalue weighted by molar-refractivity contribution is 5.81. The van der Waals surface area contributed by atoms with E-state index in [-0.39, 0.29) is 5.56 Å². The minimum absolute atomic E-state index is 0.191. The Morgan fingerprint density at radius 1 is 1.17 bits per heavy atom. The fraction of sp³-hybridized carbons (Fsp3) is 0.0714. The second-order valence-electron chi connectivity index (χ2n) is 3.99. The lowest BCUT2D eigenvalue weighted by molar-refractivity contribution is 0.215. The highest BCUT2D eigenvalue weighted by atomic mass is 19.1. The van der Waals surface area contributed by atoms with Gasteiger partial charge in [-0.3, -0.25) is 4.98 Å². The lowest BCUT2D eigenvalue weighted by atomic mass is 10.0. The minimum atomic E-state index is -1.06. The summed E-state index contributed by atoms with van der Waals surface area (Å²) >= 11 is 0. The highest BCUT2D eigenvalue weighted by Crippen LogP contribution is 2.31. The molecular weight excluding hydrogens is 233 g/mol. The summed E-state index contributed by atoms with van der Waals surface area (Å²) in [5, 5.41) is 11.0. The van der Waals surface area contributed by atoms with E-state index in [4.69, 9.17) is 4.42 Å². The van der Waals surface area contributed by atoms with Gasteiger partial charge in [0.2, 0.25) is 0 Å². The molecule has 0 saturated heterocycles. The topological polar surface area (TPSA) is 46.3 Å². The Hall–Kier alpha value is -2.20. The van der Waals surface area contributed by atoms with Gasteiger partial charge in [0.15, 0.2) is 0 Å². The molecule has 0 aliphatic rings. The molecule has 1 atom stereocenters. The van der Waals surface area contributed by atoms with Gasteiger partial charge in [0.05, 0.1) is 12.5 Å². The van der Waals surface area contributed by atoms with Crippen molar-refractivity contribution in [1.82, 2.24) is 4.98 Å². The van der Waals surface area contributed by atoms with Crippen LogP contribution < -0.4 is 0 Å². The van der Waals surface area contributed by atoms with Crippen LogP contribution in [0, 0.1) is 5.82 Å². The van der Waals surface area contributed by atoms with Gasteiger partial charge in [-0.2, -0.15) is 0 Å². The van der Waals surface area contributed by atoms with Crippen LogP contribution in [0.2, 0.25) is 0 Å². The smallest absolute Gasteiger partial charge is 0.147 e. The van der Waals surface area contributed by atoms with Crippen LogP contribution in [0.15, 0.2) is 53.4 Å². The number of aliphatic hydroxyl groups is 1. The molecule has 90 valence electrons. The zero-order valence-electron chi connectivity index (χ0n) is 9.38. The fourth-order valence-electron chi connectivity index (χ4n) is 1.99. The number of fused-ring (bicyclic) bond motifs is 1. The predicted molar refractivity (Wildman–Crippen MR) is 64.5 cm³/mol. The maximum absolute atomic E-state index is 13.6. The van der Waals surface area contributed by atoms with Gasteiger partial charge in [-0.15, -0.1) is 0 Å². The van der Waals surface area contributed by atoms with Crippen LogP contribution in [0.1, 0.15) is 17.2 Å². The van der Waals surface area contributed by atoms with E-state index in [2.05, 4.69) is 4.98 Å². The molecule has 0 radical (unpaired) electrons. The van der Waals surface area contributed by atoms with E-state index in [0.29, 0.717) is 11.1 Å². The van der Waals surface area contributed by atoms with E-state index in [1.54, 1.807) is 6.07 Å². The second-order valence-corrected chi connectivity index (χ2v) is 3.99. The first-order chi connectivity index (χ1) is 8.77. The van der Waals surface area contributed by atoms with Gasteiger partial charge in [-0.05, 0) is 12.1 Å². The molecular formula is C14H10FNO2. The minimum Gasteiger partial charge on any atom is -0.464 e. The van der Waals surface area contributed by atoms with E-state index < -0.39 is 11.9 Å². The van der Waals surface area contributed by atoms with Gasteiger partial charge >= 0.3 is 0 Å². The molecule has 0 saturated carbocycles. The van der Waals surface area contributed by atoms with Crippen molar-refractivity contribution in [3.63, 3.8) is 0 Å². The molecule has 0 amide bonds. The molecule has 0 aliphatic heterocycles. The Labute approximate surface area is 103 Å². The molecule has 1 unspecified atom stereocenters. The summed E-state index contributed by atoms with van der Waals surface area (Å²) in [5.41, 5.74) is 1.41. The summed E-state index contributed by atoms with van der Waals surface area (Å²) in [7, 11) is 0. The number of furan rings is 1. The van der Waals surface area contributed by atoms with E-state index in [1.807, 2.05) is 18.2 Å². The number of rotatable bonds is 2. The summed E-state index contributed by atoms with van der Waals surface area (Å²) in [4.78, 5) is 3.66. The molecule has 3 nitrogen and oxygen atoms in total. The van der Waals surface area contributed by atoms with Crippen LogP contribution in [0.3, 0.4) is 0 Å². The average Bonchev–Trinajstić information content (AvgIpc) is 2.82. The highest BCUT2D eigenvalue weighted by Gasteiger charge is 2.19. The SMILES string of the molecule is OC(c1ccncc1F)c1coc2ccccc12. The van der Waals surface area contributed by atoms with Crippen LogP contribution in [0.4, 0.5) is 4.39 Å². The van der Waals surface area contributed by atoms with Gasteiger partial charge in [0.25, 0.3) is 0 Å². The lowest BCUT2D eigenvalue weighted by Gasteiger charge is -2.09. The van der Waals surface area contributed by atoms with Crippen molar-refractivity contribution in [2.24, 2.45) is 0 Å². The molecule has 4 heteroatoms. The van der Waals surface area contributed by atoms with Crippen molar-refractivity contribution in [2.45, 2.75) is 6.10 Å². The molecule has 0 spiro atoms. The molecule has 0 fully saturated rings. The van der Waals surface area contributed by atoms with Gasteiger partial charge in [0.1, 0.15) is 17.5 Å². The fourth-order valence-corrected chi connectivity index (χ4v) is 1.99. The van der Waals surface area contributed by atoms with E-state index in [1.165, 1.54) is 18.5 Å². The standard InChI is InChI=1S/C14H10FNO2/c15-12-7-16-6-5-10(12)14(17)11-8-18-13-4-2-1-3-9(11)13/h1-8,14,17H. The number of para-hydroxylation sites is 1. The predicted octanol–water partition coefficient (Wildman–Crippen LogP) is 3.05. The maximum atomic E-state index is 13.6. The van der Waals surface area contributed by atoms with Crippen LogP contribution in [0.25, 0.3) is 11.0 Å². The Morgan fingerprint density at radius 2 is 2.00 bits per heavy atom. The molecule has 3 aromatic rings. The van der Waals surface area contributed by atoms with Crippen LogP contribution in [-0.2, 0) is 0 Å². The van der Waals surface area contributed by atoms with Crippen LogP contribution >= 0.6 is 0 Å². The molecule has 1 aromatic carbocycles. The van der Waals surface area contributed by atoms with E-state index >= 15 is 0 Å². The first-order valence-electron chi connectivity index (χ1n) is 5.51. The number of hydrogen-bond acceptors (Lipinski definition) is 3. The van der Waals surface area contributed by atoms with Crippen molar-refractivity contribution >= 4 is 11.0 Å². The first kappa shape index (κ1) is 10.9. The number of hydrogen-bond donors (Lipinski definition) is 1. The number of nitrogens with zero attached hydrogens (tertiary/aromatic N) is 1. The van der Waals surface area contributed by atoms with Crippen molar-refractivity contribution in [3.8, 4) is 0 Å². The Kier molecular flexibility index (Phi) is 2.57. The summed E-state index contributed by atoms with van der Waals surface area (Å²) < 4.78 is 18.9. The van der Waals surface area contributed by atoms with Crippen molar-refractivity contribution in [2.75, 3.05) is 0 Å². The Morgan fingerprint density at radius 3 is 2.83 bits per heavy atom. The third-order valence-corrected chi connectivity index (χ3v) is 2.90. The average molecular weight is 243 g/mol. The van der Waals surface area contributed by atoms with Crippen molar-refractivity contribution in [1.29, 1.82) is 0 Å². The molecule has 2 heterocycles. The summed E-state index contributed by atoms with van der Waals surface area (Å²) in [6.45, 7) is 0. The van der Waals surface area contributed by atoms with Crippen molar-refractivity contribution < 1.29 is 13.9 Å². The third kappa shape index (κ3) is 1.67. The molecule has 2 aromatic heterocycles. The summed E-state index contributed by atoms with van der Waals surface area (Å²) in [6.07, 6.45) is 2.93. The van der Waals surface area contributed by atoms with Crippen LogP contribution in [0.5, 0.6) is 0 Å². The normalized spacial score (nSPS) is 12.8. The second kappa shape index (κ2) is 4.23. The van der Waals surface area contributed by atoms with Crippen LogP contribution in [-0.4, -0.2) is 10.1 Å². The zero-order chi connectivity index (χ0) is 12.5. The molecule has 18 heavy (non-hydrogen) atoms. The molecule has 1 N–H and O–H groups in total. The molecule has 3 rings (SSSR count). The van der Waals surface area contributed by atoms with E-state index in [0.717, 1.165) is 11.6 Å². The number of halogens is 1. The monoisotopic (exact) mass is 243 g/mol. The third-order valence-electron chi connectivity index (χ3n) is 2.90. The first-order valence-corrected chi connectivity index (χ1v) is 5.51. The number of aromatic nitrogens is 1. The quantitative estimate of drug-likeness (QED) is 0.752. The number of aliphatic hydroxyl groups excluding tert-OH is 1. The largest absolute Gasteiger partial charge is 0.464 e. The number of pyridine rings is 1. The number of benzene rings is 1. The van der Waals surface area contributed by atoms with Crippen molar-refractivity contribution in [3.05, 3.63) is 65.9 Å². The maximum Gasteiger partial charge on any atom is 0.147 e. The van der Waals surface area contributed by atoms with Gasteiger partial charge in [-0.1, -0.05) is 18.2 Å². The van der Waals surface area contributed by atoms with E-state index in [9.17, 15) is 9.50 Å². The van der Waals surface area contributed by atoms with Gasteiger partial charge in [-0.25, -0.2) is 4.39 Å². The van der Waals surface area contributed by atoms with Gasteiger partial charge in [0, 0.05) is 22.7 Å². The Balaban J connectivity index is 2.13. The lowest BCUT2D eigenvalue weighted by Crippen LogP contribution is -2.02. The molecule has 0 aliphatic carbocycles. The summed E-state index contributed by atoms with van der Waals surface area (Å²) in [6, 6.07) is 8.78. The zero-order valence-corrected chi connectivity index (χ0v) is 9.38. The summed E-state index contributed by atoms with van der Waals surface area (Å²) in [5.74, 6) is -0.532. The molecule has 0 bridgehead atoms. The van der Waals surface area contributed by atoms with Gasteiger partial charge < -0.3 is 9.52 Å². The Bertz CT molecular complexity index is 693.